The lowest BCUT2D eigenvalue weighted by Crippen LogP contribution is -1.91. The Morgan fingerprint density at radius 2 is 2.20 bits per heavy atom. The quantitative estimate of drug-likeness (QED) is 0.781. The fourth-order valence-corrected chi connectivity index (χ4v) is 2.70. The van der Waals surface area contributed by atoms with Crippen LogP contribution in [-0.2, 0) is 12.8 Å². The number of fused-ring (bicyclic) bond motifs is 1. The van der Waals surface area contributed by atoms with Gasteiger partial charge in [0.05, 0.1) is 12.8 Å². The molecule has 0 spiro atoms. The van der Waals surface area contributed by atoms with Gasteiger partial charge in [-0.3, -0.25) is 0 Å². The van der Waals surface area contributed by atoms with E-state index in [1.807, 2.05) is 23.6 Å². The van der Waals surface area contributed by atoms with E-state index in [1.165, 1.54) is 11.3 Å². The summed E-state index contributed by atoms with van der Waals surface area (Å²) in [5, 5.41) is 2.61. The van der Waals surface area contributed by atoms with Gasteiger partial charge in [-0.15, -0.1) is 11.3 Å². The first kappa shape index (κ1) is 12.9. The first-order valence-electron chi connectivity index (χ1n) is 6.38. The zero-order valence-corrected chi connectivity index (χ0v) is 11.9. The van der Waals surface area contributed by atoms with E-state index in [-0.39, 0.29) is 0 Å². The van der Waals surface area contributed by atoms with E-state index >= 15 is 0 Å². The molecule has 0 saturated carbocycles. The van der Waals surface area contributed by atoms with Gasteiger partial charge in [0.25, 0.3) is 0 Å². The van der Waals surface area contributed by atoms with Crippen molar-refractivity contribution in [3.63, 3.8) is 0 Å². The average molecular weight is 289 g/mol. The third kappa shape index (κ3) is 2.60. The second kappa shape index (κ2) is 5.50. The molecule has 0 radical (unpaired) electrons. The molecule has 0 amide bonds. The highest BCUT2D eigenvalue weighted by Gasteiger charge is 2.10. The van der Waals surface area contributed by atoms with E-state index in [2.05, 4.69) is 9.97 Å². The minimum atomic E-state index is 0.617. The summed E-state index contributed by atoms with van der Waals surface area (Å²) in [6.45, 7) is 0. The van der Waals surface area contributed by atoms with Crippen LogP contribution in [-0.4, -0.2) is 17.1 Å². The average Bonchev–Trinajstić information content (AvgIpc) is 3.04. The fraction of sp³-hybridized carbons (Fsp3) is 0.286. The predicted octanol–water partition coefficient (Wildman–Crippen LogP) is 3.05. The van der Waals surface area contributed by atoms with Gasteiger partial charge in [0, 0.05) is 11.8 Å². The SMILES string of the molecule is COc1cccc2oc(CCCc3csc(N)n3)nc12. The molecule has 0 saturated heterocycles. The first-order chi connectivity index (χ1) is 9.76. The van der Waals surface area contributed by atoms with Crippen molar-refractivity contribution in [2.45, 2.75) is 19.3 Å². The lowest BCUT2D eigenvalue weighted by Gasteiger charge is -1.96. The Labute approximate surface area is 120 Å². The maximum Gasteiger partial charge on any atom is 0.195 e. The van der Waals surface area contributed by atoms with Crippen LogP contribution in [0.4, 0.5) is 5.13 Å². The van der Waals surface area contributed by atoms with Crippen LogP contribution in [0.2, 0.25) is 0 Å². The molecule has 1 aromatic carbocycles. The maximum atomic E-state index is 5.72. The molecule has 104 valence electrons. The Bertz CT molecular complexity index is 720. The van der Waals surface area contributed by atoms with E-state index < -0.39 is 0 Å². The number of hydrogen-bond acceptors (Lipinski definition) is 6. The number of methoxy groups -OCH3 is 1. The lowest BCUT2D eigenvalue weighted by atomic mass is 10.2. The van der Waals surface area contributed by atoms with Gasteiger partial charge in [-0.05, 0) is 25.0 Å². The smallest absolute Gasteiger partial charge is 0.195 e. The van der Waals surface area contributed by atoms with Crippen molar-refractivity contribution in [2.75, 3.05) is 12.8 Å². The summed E-state index contributed by atoms with van der Waals surface area (Å²) < 4.78 is 11.0. The Morgan fingerprint density at radius 1 is 1.30 bits per heavy atom. The molecule has 0 fully saturated rings. The molecule has 0 aliphatic heterocycles. The highest BCUT2D eigenvalue weighted by atomic mass is 32.1. The number of thiazole rings is 1. The monoisotopic (exact) mass is 289 g/mol. The molecule has 0 aliphatic rings. The van der Waals surface area contributed by atoms with Crippen molar-refractivity contribution < 1.29 is 9.15 Å². The third-order valence-electron chi connectivity index (χ3n) is 3.04. The van der Waals surface area contributed by atoms with Gasteiger partial charge in [-0.1, -0.05) is 6.07 Å². The summed E-state index contributed by atoms with van der Waals surface area (Å²) in [5.74, 6) is 1.47. The Morgan fingerprint density at radius 3 is 2.95 bits per heavy atom. The summed E-state index contributed by atoms with van der Waals surface area (Å²) >= 11 is 1.47. The number of ether oxygens (including phenoxy) is 1. The fourth-order valence-electron chi connectivity index (χ4n) is 2.10. The Kier molecular flexibility index (Phi) is 3.56. The van der Waals surface area contributed by atoms with Gasteiger partial charge in [0.1, 0.15) is 5.75 Å². The summed E-state index contributed by atoms with van der Waals surface area (Å²) in [5.41, 5.74) is 8.18. The number of nitrogens with two attached hydrogens (primary N) is 1. The second-order valence-electron chi connectivity index (χ2n) is 4.45. The zero-order valence-electron chi connectivity index (χ0n) is 11.1. The van der Waals surface area contributed by atoms with Gasteiger partial charge < -0.3 is 14.9 Å². The van der Waals surface area contributed by atoms with E-state index in [0.717, 1.165) is 47.7 Å². The number of nitrogens with zero attached hydrogens (tertiary/aromatic N) is 2. The molecule has 2 heterocycles. The molecule has 0 atom stereocenters. The number of benzene rings is 1. The van der Waals surface area contributed by atoms with Crippen LogP contribution in [0.3, 0.4) is 0 Å². The molecule has 5 nitrogen and oxygen atoms in total. The minimum Gasteiger partial charge on any atom is -0.494 e. The lowest BCUT2D eigenvalue weighted by molar-refractivity contribution is 0.419. The van der Waals surface area contributed by atoms with Crippen LogP contribution in [0.1, 0.15) is 18.0 Å². The number of para-hydroxylation sites is 1. The van der Waals surface area contributed by atoms with E-state index in [0.29, 0.717) is 5.13 Å². The molecule has 3 rings (SSSR count). The van der Waals surface area contributed by atoms with Gasteiger partial charge in [-0.2, -0.15) is 0 Å². The van der Waals surface area contributed by atoms with Crippen LogP contribution >= 0.6 is 11.3 Å². The largest absolute Gasteiger partial charge is 0.494 e. The van der Waals surface area contributed by atoms with Gasteiger partial charge in [0.2, 0.25) is 0 Å². The molecule has 20 heavy (non-hydrogen) atoms. The van der Waals surface area contributed by atoms with Crippen molar-refractivity contribution >= 4 is 27.6 Å². The second-order valence-corrected chi connectivity index (χ2v) is 5.33. The zero-order chi connectivity index (χ0) is 13.9. The number of nitrogen functional groups attached to an aromatic ring is 1. The molecule has 6 heteroatoms. The molecule has 2 aromatic heterocycles. The number of rotatable bonds is 5. The highest BCUT2D eigenvalue weighted by molar-refractivity contribution is 7.13. The summed E-state index contributed by atoms with van der Waals surface area (Å²) in [6, 6.07) is 5.68. The van der Waals surface area contributed by atoms with Crippen LogP contribution < -0.4 is 10.5 Å². The third-order valence-corrected chi connectivity index (χ3v) is 3.76. The Balaban J connectivity index is 1.68. The van der Waals surface area contributed by atoms with E-state index in [1.54, 1.807) is 7.11 Å². The molecule has 0 unspecified atom stereocenters. The van der Waals surface area contributed by atoms with Crippen LogP contribution in [0.15, 0.2) is 28.0 Å². The number of hydrogen-bond donors (Lipinski definition) is 1. The van der Waals surface area contributed by atoms with Crippen LogP contribution in [0.25, 0.3) is 11.1 Å². The van der Waals surface area contributed by atoms with E-state index in [4.69, 9.17) is 14.9 Å². The van der Waals surface area contributed by atoms with Crippen molar-refractivity contribution in [2.24, 2.45) is 0 Å². The molecule has 3 aromatic rings. The molecule has 0 aliphatic carbocycles. The van der Waals surface area contributed by atoms with E-state index in [9.17, 15) is 0 Å². The first-order valence-corrected chi connectivity index (χ1v) is 7.26. The topological polar surface area (TPSA) is 74.2 Å². The molecular formula is C14H15N3O2S. The number of oxazole rings is 1. The number of aryl methyl sites for hydroxylation is 2. The predicted molar refractivity (Wildman–Crippen MR) is 79.1 cm³/mol. The van der Waals surface area contributed by atoms with Crippen molar-refractivity contribution in [3.05, 3.63) is 35.2 Å². The standard InChI is InChI=1S/C14H15N3O2S/c1-18-10-5-3-6-11-13(10)17-12(19-11)7-2-4-9-8-20-14(15)16-9/h3,5-6,8H,2,4,7H2,1H3,(H2,15,16). The Hall–Kier alpha value is -2.08. The van der Waals surface area contributed by atoms with Gasteiger partial charge in [0.15, 0.2) is 22.1 Å². The molecular weight excluding hydrogens is 274 g/mol. The number of aromatic nitrogens is 2. The van der Waals surface area contributed by atoms with Crippen LogP contribution in [0.5, 0.6) is 5.75 Å². The highest BCUT2D eigenvalue weighted by Crippen LogP contribution is 2.26. The van der Waals surface area contributed by atoms with Crippen LogP contribution in [0, 0.1) is 0 Å². The van der Waals surface area contributed by atoms with Crippen molar-refractivity contribution in [3.8, 4) is 5.75 Å². The summed E-state index contributed by atoms with van der Waals surface area (Å²) in [4.78, 5) is 8.72. The summed E-state index contributed by atoms with van der Waals surface area (Å²) in [7, 11) is 1.63. The minimum absolute atomic E-state index is 0.617. The van der Waals surface area contributed by atoms with Gasteiger partial charge >= 0.3 is 0 Å². The summed E-state index contributed by atoms with van der Waals surface area (Å²) in [6.07, 6.45) is 2.58. The normalized spacial score (nSPS) is 11.1. The molecule has 2 N–H and O–H groups in total. The maximum absolute atomic E-state index is 5.72. The van der Waals surface area contributed by atoms with Gasteiger partial charge in [-0.25, -0.2) is 9.97 Å². The van der Waals surface area contributed by atoms with Crippen molar-refractivity contribution in [1.82, 2.24) is 9.97 Å². The molecule has 0 bridgehead atoms. The van der Waals surface area contributed by atoms with Crippen molar-refractivity contribution in [1.29, 1.82) is 0 Å². The number of anilines is 1.